The highest BCUT2D eigenvalue weighted by atomic mass is 19.1. The van der Waals surface area contributed by atoms with Crippen LogP contribution in [-0.4, -0.2) is 128 Å². The second kappa shape index (κ2) is 35.7. The van der Waals surface area contributed by atoms with Gasteiger partial charge in [-0.1, -0.05) is 85.9 Å². The number of anilines is 12. The van der Waals surface area contributed by atoms with Gasteiger partial charge >= 0.3 is 24.1 Å². The van der Waals surface area contributed by atoms with E-state index >= 15 is 4.39 Å². The summed E-state index contributed by atoms with van der Waals surface area (Å²) in [7, 11) is 2.12. The Balaban J connectivity index is 0.000000116. The van der Waals surface area contributed by atoms with Gasteiger partial charge in [-0.2, -0.15) is 0 Å². The molecule has 16 N–H and O–H groups in total. The molecule has 135 heavy (non-hydrogen) atoms. The van der Waals surface area contributed by atoms with E-state index in [1.807, 2.05) is 45.6 Å². The molecule has 16 aromatic rings. The van der Waals surface area contributed by atoms with Crippen LogP contribution in [0.3, 0.4) is 0 Å². The summed E-state index contributed by atoms with van der Waals surface area (Å²) in [6.07, 6.45) is 28.2. The highest BCUT2D eigenvalue weighted by Crippen LogP contribution is 2.50. The average Bonchev–Trinajstić information content (AvgIpc) is 1.59. The van der Waals surface area contributed by atoms with Crippen LogP contribution in [0.15, 0.2) is 165 Å². The first-order valence-corrected chi connectivity index (χ1v) is 44.5. The Labute approximate surface area is 767 Å². The van der Waals surface area contributed by atoms with Crippen LogP contribution in [0.1, 0.15) is 171 Å². The van der Waals surface area contributed by atoms with Crippen molar-refractivity contribution < 1.29 is 54.8 Å². The topological polar surface area (TPSA) is 499 Å². The Morgan fingerprint density at radius 2 is 0.696 bits per heavy atom. The number of nitrogens with zero attached hydrogens (tertiary/aromatic N) is 17. The van der Waals surface area contributed by atoms with Gasteiger partial charge < -0.3 is 85.5 Å². The smallest absolute Gasteiger partial charge is 0.326 e. The first kappa shape index (κ1) is 88.4. The van der Waals surface area contributed by atoms with E-state index in [9.17, 15) is 32.3 Å². The van der Waals surface area contributed by atoms with Gasteiger partial charge in [-0.15, -0.1) is 0 Å². The molecule has 5 aliphatic carbocycles. The second-order valence-electron chi connectivity index (χ2n) is 36.2. The fourth-order valence-corrected chi connectivity index (χ4v) is 16.9. The normalized spacial score (nSPS) is 15.6. The van der Waals surface area contributed by atoms with Crippen LogP contribution in [0.4, 0.5) is 106 Å². The Hall–Kier alpha value is -15.8. The Morgan fingerprint density at radius 1 is 0.400 bits per heavy atom. The van der Waals surface area contributed by atoms with E-state index in [0.29, 0.717) is 90.9 Å². The average molecular weight is 1840 g/mol. The molecule has 4 aromatic carbocycles. The number of fused-ring (bicyclic) bond motifs is 4. The molecule has 0 spiro atoms. The predicted octanol–water partition coefficient (Wildman–Crippen LogP) is 19.6. The number of aromatic nitrogens is 16. The minimum atomic E-state index is -0.638. The second-order valence-corrected chi connectivity index (χ2v) is 36.2. The molecule has 0 atom stereocenters. The van der Waals surface area contributed by atoms with Gasteiger partial charge in [-0.3, -0.25) is 21.3 Å². The van der Waals surface area contributed by atoms with Crippen LogP contribution in [-0.2, 0) is 16.2 Å². The molecule has 6 aliphatic rings. The van der Waals surface area contributed by atoms with Crippen LogP contribution in [0.25, 0.3) is 88.6 Å². The van der Waals surface area contributed by atoms with Crippen molar-refractivity contribution in [3.8, 4) is 44.5 Å². The summed E-state index contributed by atoms with van der Waals surface area (Å²) in [5.74, 6) is -0.125. The van der Waals surface area contributed by atoms with Gasteiger partial charge in [0.15, 0.2) is 0 Å². The number of nitrogen functional groups attached to an aromatic ring is 4. The molecule has 13 heterocycles. The monoisotopic (exact) mass is 1840 g/mol. The zero-order chi connectivity index (χ0) is 94.0. The van der Waals surface area contributed by atoms with E-state index in [2.05, 4.69) is 147 Å². The van der Waals surface area contributed by atoms with Crippen LogP contribution in [0.5, 0.6) is 0 Å². The van der Waals surface area contributed by atoms with Gasteiger partial charge in [0, 0.05) is 112 Å². The summed E-state index contributed by atoms with van der Waals surface area (Å²) in [6, 6.07) is 24.0. The summed E-state index contributed by atoms with van der Waals surface area (Å²) in [5, 5.41) is 38.8. The van der Waals surface area contributed by atoms with Crippen LogP contribution >= 0.6 is 0 Å². The summed E-state index contributed by atoms with van der Waals surface area (Å²) >= 11 is 0. The number of carbonyl (C=O) groups excluding carboxylic acids is 4. The first-order chi connectivity index (χ1) is 65.0. The summed E-state index contributed by atoms with van der Waals surface area (Å²) < 4.78 is 88.8. The van der Waals surface area contributed by atoms with E-state index < -0.39 is 47.4 Å². The molecule has 0 bridgehead atoms. The molecule has 1 saturated heterocycles. The maximum absolute atomic E-state index is 15.2. The molecule has 22 rings (SSSR count). The number of piperidine rings is 1. The number of hydrogen-bond donors (Lipinski definition) is 12. The number of amides is 8. The molecule has 6 fully saturated rings. The molecule has 8 amide bonds. The van der Waals surface area contributed by atoms with E-state index in [1.54, 1.807) is 55.5 Å². The van der Waals surface area contributed by atoms with E-state index in [0.717, 1.165) is 165 Å². The van der Waals surface area contributed by atoms with Gasteiger partial charge in [-0.25, -0.2) is 76.6 Å². The number of aryl methyl sites for hydroxylation is 1. The number of benzene rings is 4. The number of likely N-dealkylation sites (tertiary alicyclic amines) is 1. The zero-order valence-electron chi connectivity index (χ0n) is 74.7. The van der Waals surface area contributed by atoms with Crippen molar-refractivity contribution in [2.24, 2.45) is 0 Å². The lowest BCUT2D eigenvalue weighted by Gasteiger charge is -2.35. The maximum atomic E-state index is 15.2. The molecule has 5 saturated carbocycles. The lowest BCUT2D eigenvalue weighted by atomic mass is 9.68. The third-order valence-electron chi connectivity index (χ3n) is 25.9. The van der Waals surface area contributed by atoms with E-state index in [1.165, 1.54) is 73.8 Å². The van der Waals surface area contributed by atoms with Crippen LogP contribution in [0, 0.1) is 30.2 Å². The number of carbonyl (C=O) groups is 4. The molecule has 41 heteroatoms. The number of urea groups is 4. The highest BCUT2D eigenvalue weighted by Gasteiger charge is 2.43. The largest absolute Gasteiger partial charge is 0.383 e. The maximum Gasteiger partial charge on any atom is 0.326 e. The van der Waals surface area contributed by atoms with Gasteiger partial charge in [0.1, 0.15) is 94.4 Å². The zero-order valence-corrected chi connectivity index (χ0v) is 74.7. The quantitative estimate of drug-likeness (QED) is 0.0315. The molecule has 12 aromatic heterocycles. The van der Waals surface area contributed by atoms with Crippen molar-refractivity contribution in [1.29, 1.82) is 0 Å². The lowest BCUT2D eigenvalue weighted by Crippen LogP contribution is -2.31. The van der Waals surface area contributed by atoms with Crippen molar-refractivity contribution in [3.63, 3.8) is 0 Å². The van der Waals surface area contributed by atoms with Gasteiger partial charge in [0.05, 0.1) is 67.1 Å². The Bertz CT molecular complexity index is 7050. The van der Waals surface area contributed by atoms with Gasteiger partial charge in [-0.05, 0) is 181 Å². The minimum absolute atomic E-state index is 0.00108. The van der Waals surface area contributed by atoms with Crippen molar-refractivity contribution in [1.82, 2.24) is 83.7 Å². The van der Waals surface area contributed by atoms with Gasteiger partial charge in [0.25, 0.3) is 0 Å². The molecule has 694 valence electrons. The molecule has 0 unspecified atom stereocenters. The van der Waals surface area contributed by atoms with Crippen molar-refractivity contribution in [3.05, 3.63) is 193 Å². The molecule has 37 nitrogen and oxygen atoms in total. The standard InChI is InChI=1S/C26H29FN8O2.C24H24FN7O2.C24H26FN7O2.C20H18FN7O2/c1-26(7-8-26)20-12-21(37-33-20)32-25(36)31-19-4-3-15(11-18(19)27)17-13-35(16-5-9-34(2)10-6-16)24-22(17)23(28)29-14-30-24;1-24(7-2-8-24)18-10-19(34-31-18)30-23(33)29-17-6-3-13(9-16(17)25)15-11-32(14-4-5-14)22-20(15)21(26)27-12-28-22;1-4-24(2,3)18-10-19(34-31-18)30-23(33)29-17-8-5-13(9-16(17)25)15-11-32(14-6-7-14)22-20(15)21(26)27-12-28-22;1-10-6-16(30-27-10)26-20(29)25-15-5-2-11(7-14(15)21)13-8-28(12-3-4-12)19-17(13)18(22)23-9-24-19/h3-4,11-14,16H,5-10H2,1-2H3,(H2,28,29,30)(H2,31,32,36);3,6,9-12,14H,2,4-5,7-8H2,1H3,(H2,26,27,28)(H2,29,30,33);5,8-12,14H,4,6-7H2,1-3H3,(H2,26,27,28)(H2,29,30,33);2,5-9,12H,3-4H2,1H3,(H2,22,23,24)(H2,25,26,29). The summed E-state index contributed by atoms with van der Waals surface area (Å²) in [4.78, 5) is 85.8. The first-order valence-electron chi connectivity index (χ1n) is 44.5. The van der Waals surface area contributed by atoms with Crippen LogP contribution in [0.2, 0.25) is 0 Å². The fourth-order valence-electron chi connectivity index (χ4n) is 16.9. The number of hydrogen-bond acceptors (Lipinski definition) is 25. The summed E-state index contributed by atoms with van der Waals surface area (Å²) in [5.41, 5.74) is 36.1. The van der Waals surface area contributed by atoms with E-state index in [-0.39, 0.29) is 68.6 Å². The lowest BCUT2D eigenvalue weighted by molar-refractivity contribution is 0.224. The number of halogens is 4. The molecule has 0 radical (unpaired) electrons. The van der Waals surface area contributed by atoms with E-state index in [4.69, 9.17) is 41.0 Å². The Kier molecular flexibility index (Phi) is 23.4. The molecule has 1 aliphatic heterocycles. The number of nitrogens with one attached hydrogen (secondary N) is 8. The predicted molar refractivity (Wildman–Crippen MR) is 502 cm³/mol. The summed E-state index contributed by atoms with van der Waals surface area (Å²) in [6.45, 7) is 14.0. The SMILES string of the molecule is CC1(c2cc(NC(=O)Nc3ccc(-c4cn(C5CC5)c5ncnc(N)c45)cc3F)on2)CCC1.CCC(C)(C)c1cc(NC(=O)Nc2ccc(-c3cn(C4CC4)c4ncnc(N)c34)cc2F)on1.CN1CCC(n2cc(-c3ccc(NC(=O)Nc4cc(C5(C)CC5)no4)c(F)c3)c3c(N)ncnc32)CC1.Cc1cc(NC(=O)Nc2ccc(-c3cn(C4CC4)c4ncnc(N)c34)cc2F)on1. The fraction of sp³-hybridized carbons (Fsp3) is 0.319. The Morgan fingerprint density at radius 3 is 0.978 bits per heavy atom. The number of rotatable bonds is 20. The highest BCUT2D eigenvalue weighted by molar-refractivity contribution is 6.07. The van der Waals surface area contributed by atoms with Crippen molar-refractivity contribution in [2.75, 3.05) is 85.6 Å². The third kappa shape index (κ3) is 18.6. The van der Waals surface area contributed by atoms with Crippen molar-refractivity contribution in [2.45, 2.75) is 172 Å². The van der Waals surface area contributed by atoms with Crippen LogP contribution < -0.4 is 65.5 Å². The van der Waals surface area contributed by atoms with Crippen molar-refractivity contribution >= 4 is 138 Å². The molecular weight excluding hydrogens is 1740 g/mol. The number of nitrogens with two attached hydrogens (primary N) is 4. The van der Waals surface area contributed by atoms with Gasteiger partial charge in [0.2, 0.25) is 23.5 Å². The third-order valence-corrected chi connectivity index (χ3v) is 25.9. The molecular formula is C94H97F4N29O8. The minimum Gasteiger partial charge on any atom is -0.383 e.